The molecule has 2 aromatic rings. The zero-order valence-corrected chi connectivity index (χ0v) is 12.4. The monoisotopic (exact) mass is 300 g/mol. The zero-order chi connectivity index (χ0) is 16.1. The molecule has 0 fully saturated rings. The summed E-state index contributed by atoms with van der Waals surface area (Å²) in [6.45, 7) is 3.35. The van der Waals surface area contributed by atoms with Crippen molar-refractivity contribution in [3.05, 3.63) is 65.0 Å². The van der Waals surface area contributed by atoms with Gasteiger partial charge in [-0.3, -0.25) is 9.59 Å². The Kier molecular flexibility index (Phi) is 4.88. The smallest absolute Gasteiger partial charge is 0.251 e. The average Bonchev–Trinajstić information content (AvgIpc) is 2.48. The predicted molar refractivity (Wildman–Crippen MR) is 83.3 cm³/mol. The first-order valence-corrected chi connectivity index (χ1v) is 6.86. The predicted octanol–water partition coefficient (Wildman–Crippen LogP) is 2.81. The molecule has 2 rings (SSSR count). The molecule has 0 heterocycles. The minimum absolute atomic E-state index is 0.178. The zero-order valence-electron chi connectivity index (χ0n) is 12.4. The summed E-state index contributed by atoms with van der Waals surface area (Å²) in [7, 11) is 0. The van der Waals surface area contributed by atoms with Crippen LogP contribution >= 0.6 is 0 Å². The fourth-order valence-corrected chi connectivity index (χ4v) is 1.92. The normalized spacial score (nSPS) is 10.1. The van der Waals surface area contributed by atoms with Crippen molar-refractivity contribution in [2.24, 2.45) is 0 Å². The van der Waals surface area contributed by atoms with E-state index in [4.69, 9.17) is 0 Å². The number of nitrogens with one attached hydrogen (secondary N) is 2. The van der Waals surface area contributed by atoms with Gasteiger partial charge in [0, 0.05) is 11.3 Å². The highest BCUT2D eigenvalue weighted by Crippen LogP contribution is 2.13. The van der Waals surface area contributed by atoms with E-state index in [1.165, 1.54) is 6.07 Å². The molecule has 2 aromatic carbocycles. The number of hydrogen-bond acceptors (Lipinski definition) is 2. The van der Waals surface area contributed by atoms with Gasteiger partial charge in [0.25, 0.3) is 5.91 Å². The largest absolute Gasteiger partial charge is 0.343 e. The number of benzene rings is 2. The van der Waals surface area contributed by atoms with Crippen molar-refractivity contribution in [3.8, 4) is 0 Å². The Hall–Kier alpha value is -2.69. The first-order chi connectivity index (χ1) is 10.5. The summed E-state index contributed by atoms with van der Waals surface area (Å²) in [6.07, 6.45) is 0. The number of carbonyl (C=O) groups is 2. The number of aryl methyl sites for hydroxylation is 2. The molecule has 0 bridgehead atoms. The maximum absolute atomic E-state index is 13.4. The lowest BCUT2D eigenvalue weighted by molar-refractivity contribution is -0.115. The Morgan fingerprint density at radius 2 is 1.86 bits per heavy atom. The van der Waals surface area contributed by atoms with E-state index >= 15 is 0 Å². The van der Waals surface area contributed by atoms with Gasteiger partial charge >= 0.3 is 0 Å². The van der Waals surface area contributed by atoms with Crippen LogP contribution < -0.4 is 10.6 Å². The molecule has 0 radical (unpaired) electrons. The van der Waals surface area contributed by atoms with Crippen LogP contribution in [0.2, 0.25) is 0 Å². The second kappa shape index (κ2) is 6.85. The Balaban J connectivity index is 1.90. The van der Waals surface area contributed by atoms with Crippen LogP contribution in [0.3, 0.4) is 0 Å². The van der Waals surface area contributed by atoms with Crippen LogP contribution in [0.4, 0.5) is 10.1 Å². The highest BCUT2D eigenvalue weighted by molar-refractivity contribution is 5.99. The van der Waals surface area contributed by atoms with Crippen molar-refractivity contribution in [1.82, 2.24) is 5.32 Å². The number of hydrogen-bond donors (Lipinski definition) is 2. The molecule has 22 heavy (non-hydrogen) atoms. The molecule has 0 saturated carbocycles. The Labute approximate surface area is 128 Å². The van der Waals surface area contributed by atoms with E-state index in [1.807, 2.05) is 13.0 Å². The molecule has 2 amide bonds. The summed E-state index contributed by atoms with van der Waals surface area (Å²) in [4.78, 5) is 23.7. The highest BCUT2D eigenvalue weighted by Gasteiger charge is 2.09. The topological polar surface area (TPSA) is 58.2 Å². The first kappa shape index (κ1) is 15.7. The molecule has 0 aromatic heterocycles. The molecule has 114 valence electrons. The van der Waals surface area contributed by atoms with Crippen LogP contribution in [0.15, 0.2) is 42.5 Å². The van der Waals surface area contributed by atoms with Crippen LogP contribution in [0.5, 0.6) is 0 Å². The minimum atomic E-state index is -0.413. The van der Waals surface area contributed by atoms with Gasteiger partial charge in [-0.15, -0.1) is 0 Å². The Morgan fingerprint density at radius 1 is 1.09 bits per heavy atom. The van der Waals surface area contributed by atoms with E-state index < -0.39 is 5.91 Å². The van der Waals surface area contributed by atoms with Gasteiger partial charge < -0.3 is 10.6 Å². The maximum atomic E-state index is 13.4. The number of anilines is 1. The van der Waals surface area contributed by atoms with Crippen LogP contribution in [-0.4, -0.2) is 18.4 Å². The van der Waals surface area contributed by atoms with E-state index in [1.54, 1.807) is 37.3 Å². The van der Waals surface area contributed by atoms with E-state index in [0.717, 1.165) is 5.56 Å². The quantitative estimate of drug-likeness (QED) is 0.912. The third kappa shape index (κ3) is 4.15. The summed E-state index contributed by atoms with van der Waals surface area (Å²) in [6, 6.07) is 11.5. The van der Waals surface area contributed by atoms with Gasteiger partial charge in [-0.2, -0.15) is 0 Å². The number of halogens is 1. The molecular weight excluding hydrogens is 283 g/mol. The van der Waals surface area contributed by atoms with Crippen LogP contribution in [0.1, 0.15) is 21.5 Å². The van der Waals surface area contributed by atoms with E-state index in [2.05, 4.69) is 10.6 Å². The summed E-state index contributed by atoms with van der Waals surface area (Å²) in [5.41, 5.74) is 2.32. The second-order valence-corrected chi connectivity index (χ2v) is 5.06. The van der Waals surface area contributed by atoms with Crippen LogP contribution in [-0.2, 0) is 4.79 Å². The van der Waals surface area contributed by atoms with Gasteiger partial charge in [-0.1, -0.05) is 23.8 Å². The maximum Gasteiger partial charge on any atom is 0.251 e. The molecule has 0 aliphatic carbocycles. The first-order valence-electron chi connectivity index (χ1n) is 6.86. The van der Waals surface area contributed by atoms with Crippen molar-refractivity contribution in [3.63, 3.8) is 0 Å². The van der Waals surface area contributed by atoms with Crippen LogP contribution in [0.25, 0.3) is 0 Å². The van der Waals surface area contributed by atoms with E-state index in [0.29, 0.717) is 16.8 Å². The lowest BCUT2D eigenvalue weighted by atomic mass is 10.1. The lowest BCUT2D eigenvalue weighted by Gasteiger charge is -2.08. The number of rotatable bonds is 4. The summed E-state index contributed by atoms with van der Waals surface area (Å²) >= 11 is 0. The van der Waals surface area contributed by atoms with Crippen molar-refractivity contribution in [2.75, 3.05) is 11.9 Å². The van der Waals surface area contributed by atoms with Crippen molar-refractivity contribution in [1.29, 1.82) is 0 Å². The molecule has 0 spiro atoms. The third-order valence-electron chi connectivity index (χ3n) is 3.15. The van der Waals surface area contributed by atoms with E-state index in [9.17, 15) is 14.0 Å². The fourth-order valence-electron chi connectivity index (χ4n) is 1.92. The SMILES string of the molecule is Cc1cccc(C(=O)NCC(=O)Nc2ccc(C)c(F)c2)c1. The van der Waals surface area contributed by atoms with Crippen molar-refractivity contribution in [2.45, 2.75) is 13.8 Å². The molecule has 0 atom stereocenters. The second-order valence-electron chi connectivity index (χ2n) is 5.06. The Bertz CT molecular complexity index is 714. The molecule has 0 unspecified atom stereocenters. The lowest BCUT2D eigenvalue weighted by Crippen LogP contribution is -2.32. The summed E-state index contributed by atoms with van der Waals surface area (Å²) in [5.74, 6) is -1.13. The van der Waals surface area contributed by atoms with Gasteiger partial charge in [-0.25, -0.2) is 4.39 Å². The number of amides is 2. The van der Waals surface area contributed by atoms with Crippen molar-refractivity contribution >= 4 is 17.5 Å². The average molecular weight is 300 g/mol. The number of carbonyl (C=O) groups excluding carboxylic acids is 2. The molecule has 0 aliphatic rings. The molecule has 5 heteroatoms. The fraction of sp³-hybridized carbons (Fsp3) is 0.176. The Morgan fingerprint density at radius 3 is 2.55 bits per heavy atom. The molecular formula is C17H17FN2O2. The third-order valence-corrected chi connectivity index (χ3v) is 3.15. The van der Waals surface area contributed by atoms with Gasteiger partial charge in [0.1, 0.15) is 5.82 Å². The molecule has 4 nitrogen and oxygen atoms in total. The minimum Gasteiger partial charge on any atom is -0.343 e. The molecule has 0 aliphatic heterocycles. The van der Waals surface area contributed by atoms with Gasteiger partial charge in [0.15, 0.2) is 0 Å². The summed E-state index contributed by atoms with van der Waals surface area (Å²) in [5, 5.41) is 5.06. The van der Waals surface area contributed by atoms with Gasteiger partial charge in [-0.05, 0) is 43.7 Å². The molecule has 2 N–H and O–H groups in total. The highest BCUT2D eigenvalue weighted by atomic mass is 19.1. The van der Waals surface area contributed by atoms with Gasteiger partial charge in [0.05, 0.1) is 6.54 Å². The van der Waals surface area contributed by atoms with Crippen LogP contribution in [0, 0.1) is 19.7 Å². The molecule has 0 saturated heterocycles. The standard InChI is InChI=1S/C17H17FN2O2/c1-11-4-3-5-13(8-11)17(22)19-10-16(21)20-14-7-6-12(2)15(18)9-14/h3-9H,10H2,1-2H3,(H,19,22)(H,20,21). The van der Waals surface area contributed by atoms with E-state index in [-0.39, 0.29) is 18.3 Å². The van der Waals surface area contributed by atoms with Crippen molar-refractivity contribution < 1.29 is 14.0 Å². The summed E-state index contributed by atoms with van der Waals surface area (Å²) < 4.78 is 13.4. The van der Waals surface area contributed by atoms with Gasteiger partial charge in [0.2, 0.25) is 5.91 Å².